The summed E-state index contributed by atoms with van der Waals surface area (Å²) < 4.78 is 0. The van der Waals surface area contributed by atoms with E-state index in [-0.39, 0.29) is 12.5 Å². The average Bonchev–Trinajstić information content (AvgIpc) is 2.21. The zero-order valence-corrected chi connectivity index (χ0v) is 9.19. The third kappa shape index (κ3) is 3.91. The predicted octanol–water partition coefficient (Wildman–Crippen LogP) is -0.354. The maximum Gasteiger partial charge on any atom is 0.0926 e. The second kappa shape index (κ2) is 6.23. The van der Waals surface area contributed by atoms with E-state index < -0.39 is 12.2 Å². The van der Waals surface area contributed by atoms with Crippen molar-refractivity contribution < 1.29 is 15.3 Å². The molecule has 3 atom stereocenters. The number of nitrogens with one attached hydrogen (secondary N) is 1. The highest BCUT2D eigenvalue weighted by Crippen LogP contribution is 2.17. The molecule has 0 radical (unpaired) electrons. The summed E-state index contributed by atoms with van der Waals surface area (Å²) in [6.07, 6.45) is 2.17. The fraction of sp³-hybridized carbons (Fsp3) is 0.818. The molecule has 0 aromatic carbocycles. The summed E-state index contributed by atoms with van der Waals surface area (Å²) in [5, 5.41) is 31.0. The number of aliphatic hydroxyl groups excluding tert-OH is 3. The van der Waals surface area contributed by atoms with Gasteiger partial charge in [-0.2, -0.15) is 0 Å². The van der Waals surface area contributed by atoms with E-state index in [1.54, 1.807) is 0 Å². The highest BCUT2D eigenvalue weighted by atomic mass is 16.3. The molecular formula is C11H21NO3. The first kappa shape index (κ1) is 12.6. The highest BCUT2D eigenvalue weighted by molar-refractivity contribution is 5.00. The SMILES string of the molecule is CC(=CC[C@@H]1CNC[C@@H](O)[C@@H]1O)CCO. The molecule has 4 N–H and O–H groups in total. The third-order valence-corrected chi connectivity index (χ3v) is 2.91. The van der Waals surface area contributed by atoms with Gasteiger partial charge in [0.15, 0.2) is 0 Å². The van der Waals surface area contributed by atoms with Crippen molar-refractivity contribution in [2.45, 2.75) is 32.0 Å². The van der Waals surface area contributed by atoms with E-state index >= 15 is 0 Å². The molecule has 4 nitrogen and oxygen atoms in total. The topological polar surface area (TPSA) is 72.7 Å². The van der Waals surface area contributed by atoms with Crippen LogP contribution in [0.15, 0.2) is 11.6 Å². The van der Waals surface area contributed by atoms with E-state index in [9.17, 15) is 10.2 Å². The van der Waals surface area contributed by atoms with E-state index in [4.69, 9.17) is 5.11 Å². The number of piperidine rings is 1. The first-order valence-electron chi connectivity index (χ1n) is 5.48. The molecule has 0 amide bonds. The van der Waals surface area contributed by atoms with Crippen LogP contribution in [0.5, 0.6) is 0 Å². The van der Waals surface area contributed by atoms with Crippen LogP contribution in [-0.2, 0) is 0 Å². The first-order valence-corrected chi connectivity index (χ1v) is 5.48. The van der Waals surface area contributed by atoms with Crippen molar-refractivity contribution in [2.75, 3.05) is 19.7 Å². The summed E-state index contributed by atoms with van der Waals surface area (Å²) in [7, 11) is 0. The summed E-state index contributed by atoms with van der Waals surface area (Å²) in [5.74, 6) is 0.0717. The Morgan fingerprint density at radius 3 is 2.80 bits per heavy atom. The van der Waals surface area contributed by atoms with Crippen LogP contribution < -0.4 is 5.32 Å². The van der Waals surface area contributed by atoms with Gasteiger partial charge in [-0.1, -0.05) is 11.6 Å². The van der Waals surface area contributed by atoms with Gasteiger partial charge in [0.2, 0.25) is 0 Å². The molecular weight excluding hydrogens is 194 g/mol. The van der Waals surface area contributed by atoms with E-state index in [0.717, 1.165) is 18.5 Å². The lowest BCUT2D eigenvalue weighted by molar-refractivity contribution is -0.0339. The van der Waals surface area contributed by atoms with Crippen molar-refractivity contribution in [1.82, 2.24) is 5.32 Å². The standard InChI is InChI=1S/C11H21NO3/c1-8(4-5-13)2-3-9-6-12-7-10(14)11(9)15/h2,9-15H,3-7H2,1H3/t9-,10-,11-/m1/s1. The van der Waals surface area contributed by atoms with Crippen LogP contribution in [0.3, 0.4) is 0 Å². The normalized spacial score (nSPS) is 33.1. The van der Waals surface area contributed by atoms with Crippen LogP contribution in [-0.4, -0.2) is 47.2 Å². The van der Waals surface area contributed by atoms with Crippen molar-refractivity contribution in [2.24, 2.45) is 5.92 Å². The lowest BCUT2D eigenvalue weighted by Crippen LogP contribution is -2.50. The molecule has 0 unspecified atom stereocenters. The van der Waals surface area contributed by atoms with Crippen LogP contribution in [0.1, 0.15) is 19.8 Å². The van der Waals surface area contributed by atoms with Crippen LogP contribution >= 0.6 is 0 Å². The highest BCUT2D eigenvalue weighted by Gasteiger charge is 2.29. The molecule has 1 aliphatic heterocycles. The third-order valence-electron chi connectivity index (χ3n) is 2.91. The Morgan fingerprint density at radius 2 is 2.13 bits per heavy atom. The van der Waals surface area contributed by atoms with Crippen LogP contribution in [0.4, 0.5) is 0 Å². The zero-order chi connectivity index (χ0) is 11.3. The predicted molar refractivity (Wildman–Crippen MR) is 58.5 cm³/mol. The zero-order valence-electron chi connectivity index (χ0n) is 9.19. The Morgan fingerprint density at radius 1 is 1.40 bits per heavy atom. The Kier molecular flexibility index (Phi) is 5.25. The Bertz CT molecular complexity index is 218. The molecule has 0 aromatic heterocycles. The van der Waals surface area contributed by atoms with Gasteiger partial charge in [-0.05, 0) is 19.8 Å². The molecule has 0 saturated carbocycles. The van der Waals surface area contributed by atoms with Crippen LogP contribution in [0, 0.1) is 5.92 Å². The number of β-amino-alcohol motifs (C(OH)–C–C–N with tert-alkyl or cyclic N) is 1. The molecule has 0 aromatic rings. The summed E-state index contributed by atoms with van der Waals surface area (Å²) in [4.78, 5) is 0. The molecule has 1 aliphatic rings. The average molecular weight is 215 g/mol. The lowest BCUT2D eigenvalue weighted by atomic mass is 9.90. The van der Waals surface area contributed by atoms with Crippen molar-refractivity contribution in [3.63, 3.8) is 0 Å². The molecule has 88 valence electrons. The number of rotatable bonds is 4. The maximum atomic E-state index is 9.71. The molecule has 0 bridgehead atoms. The number of allylic oxidation sites excluding steroid dienone is 1. The van der Waals surface area contributed by atoms with Gasteiger partial charge in [0.05, 0.1) is 12.2 Å². The molecule has 15 heavy (non-hydrogen) atoms. The van der Waals surface area contributed by atoms with Gasteiger partial charge in [-0.15, -0.1) is 0 Å². The summed E-state index contributed by atoms with van der Waals surface area (Å²) in [5.41, 5.74) is 1.13. The molecule has 1 rings (SSSR count). The number of hydrogen-bond acceptors (Lipinski definition) is 4. The summed E-state index contributed by atoms with van der Waals surface area (Å²) >= 11 is 0. The van der Waals surface area contributed by atoms with Crippen molar-refractivity contribution in [3.8, 4) is 0 Å². The van der Waals surface area contributed by atoms with Gasteiger partial charge in [-0.3, -0.25) is 0 Å². The first-order chi connectivity index (χ1) is 7.15. The van der Waals surface area contributed by atoms with E-state index in [0.29, 0.717) is 13.0 Å². The van der Waals surface area contributed by atoms with Crippen molar-refractivity contribution in [3.05, 3.63) is 11.6 Å². The monoisotopic (exact) mass is 215 g/mol. The van der Waals surface area contributed by atoms with Gasteiger partial charge >= 0.3 is 0 Å². The molecule has 1 saturated heterocycles. The van der Waals surface area contributed by atoms with E-state index in [2.05, 4.69) is 5.32 Å². The number of aliphatic hydroxyl groups is 3. The summed E-state index contributed by atoms with van der Waals surface area (Å²) in [6, 6.07) is 0. The molecule has 0 spiro atoms. The Balaban J connectivity index is 2.40. The number of hydrogen-bond donors (Lipinski definition) is 4. The van der Waals surface area contributed by atoms with Gasteiger partial charge in [-0.25, -0.2) is 0 Å². The minimum Gasteiger partial charge on any atom is -0.396 e. The second-order valence-electron chi connectivity index (χ2n) is 4.24. The molecule has 1 fully saturated rings. The van der Waals surface area contributed by atoms with E-state index in [1.807, 2.05) is 13.0 Å². The Labute approximate surface area is 90.6 Å². The van der Waals surface area contributed by atoms with Gasteiger partial charge in [0.25, 0.3) is 0 Å². The van der Waals surface area contributed by atoms with Gasteiger partial charge < -0.3 is 20.6 Å². The van der Waals surface area contributed by atoms with Gasteiger partial charge in [0, 0.05) is 25.6 Å². The van der Waals surface area contributed by atoms with Crippen molar-refractivity contribution >= 4 is 0 Å². The van der Waals surface area contributed by atoms with Gasteiger partial charge in [0.1, 0.15) is 0 Å². The minimum absolute atomic E-state index is 0.0717. The van der Waals surface area contributed by atoms with Crippen LogP contribution in [0.25, 0.3) is 0 Å². The quantitative estimate of drug-likeness (QED) is 0.484. The molecule has 4 heteroatoms. The fourth-order valence-electron chi connectivity index (χ4n) is 1.83. The Hall–Kier alpha value is -0.420. The lowest BCUT2D eigenvalue weighted by Gasteiger charge is -2.32. The molecule has 0 aliphatic carbocycles. The second-order valence-corrected chi connectivity index (χ2v) is 4.24. The molecule has 1 heterocycles. The van der Waals surface area contributed by atoms with Crippen LogP contribution in [0.2, 0.25) is 0 Å². The summed E-state index contributed by atoms with van der Waals surface area (Å²) in [6.45, 7) is 3.34. The maximum absolute atomic E-state index is 9.71. The largest absolute Gasteiger partial charge is 0.396 e. The van der Waals surface area contributed by atoms with Crippen molar-refractivity contribution in [1.29, 1.82) is 0 Å². The fourth-order valence-corrected chi connectivity index (χ4v) is 1.83. The van der Waals surface area contributed by atoms with E-state index in [1.165, 1.54) is 0 Å². The minimum atomic E-state index is -0.657. The smallest absolute Gasteiger partial charge is 0.0926 e.